The Morgan fingerprint density at radius 2 is 1.74 bits per heavy atom. The summed E-state index contributed by atoms with van der Waals surface area (Å²) in [5.41, 5.74) is 0.933. The third kappa shape index (κ3) is 4.57. The van der Waals surface area contributed by atoms with Gasteiger partial charge in [0.2, 0.25) is 0 Å². The van der Waals surface area contributed by atoms with Gasteiger partial charge in [0.25, 0.3) is 11.8 Å². The predicted octanol–water partition coefficient (Wildman–Crippen LogP) is 2.58. The van der Waals surface area contributed by atoms with Crippen LogP contribution < -0.4 is 4.74 Å². The predicted molar refractivity (Wildman–Crippen MR) is 101 cm³/mol. The van der Waals surface area contributed by atoms with Gasteiger partial charge in [-0.3, -0.25) is 9.59 Å². The van der Waals surface area contributed by atoms with Crippen LogP contribution in [0.25, 0.3) is 0 Å². The minimum absolute atomic E-state index is 0.0953. The van der Waals surface area contributed by atoms with Crippen LogP contribution in [0.15, 0.2) is 48.5 Å². The zero-order valence-electron chi connectivity index (χ0n) is 14.6. The molecule has 0 spiro atoms. The first-order chi connectivity index (χ1) is 13.1. The molecule has 0 radical (unpaired) electrons. The number of piperazine rings is 1. The highest BCUT2D eigenvalue weighted by Crippen LogP contribution is 2.23. The van der Waals surface area contributed by atoms with E-state index in [1.807, 2.05) is 6.07 Å². The van der Waals surface area contributed by atoms with Crippen molar-refractivity contribution in [3.63, 3.8) is 0 Å². The fourth-order valence-corrected chi connectivity index (χ4v) is 3.05. The highest BCUT2D eigenvalue weighted by atomic mass is 35.5. The van der Waals surface area contributed by atoms with Crippen LogP contribution in [0.2, 0.25) is 5.02 Å². The normalized spacial score (nSPS) is 13.8. The number of carbonyl (C=O) groups is 2. The lowest BCUT2D eigenvalue weighted by molar-refractivity contribution is -0.134. The number of hydrogen-bond donors (Lipinski definition) is 0. The first-order valence-corrected chi connectivity index (χ1v) is 8.91. The molecule has 3 rings (SSSR count). The van der Waals surface area contributed by atoms with Crippen LogP contribution in [0.5, 0.6) is 5.75 Å². The lowest BCUT2D eigenvalue weighted by Gasteiger charge is -2.34. The van der Waals surface area contributed by atoms with E-state index in [9.17, 15) is 9.59 Å². The molecule has 0 saturated carbocycles. The van der Waals surface area contributed by atoms with E-state index in [1.165, 1.54) is 0 Å². The number of nitriles is 1. The Kier molecular flexibility index (Phi) is 5.94. The number of halogens is 1. The van der Waals surface area contributed by atoms with E-state index in [1.54, 1.807) is 58.3 Å². The Morgan fingerprint density at radius 3 is 2.44 bits per heavy atom. The zero-order valence-corrected chi connectivity index (χ0v) is 15.4. The second-order valence-electron chi connectivity index (χ2n) is 6.08. The summed E-state index contributed by atoms with van der Waals surface area (Å²) in [4.78, 5) is 28.3. The molecule has 1 heterocycles. The maximum atomic E-state index is 12.6. The van der Waals surface area contributed by atoms with Crippen LogP contribution >= 0.6 is 11.6 Å². The van der Waals surface area contributed by atoms with Gasteiger partial charge in [0, 0.05) is 31.7 Å². The molecule has 0 aliphatic carbocycles. The Morgan fingerprint density at radius 1 is 1.04 bits per heavy atom. The molecule has 0 aromatic heterocycles. The highest BCUT2D eigenvalue weighted by Gasteiger charge is 2.25. The van der Waals surface area contributed by atoms with E-state index in [0.717, 1.165) is 0 Å². The van der Waals surface area contributed by atoms with Crippen LogP contribution in [-0.2, 0) is 4.79 Å². The molecule has 2 amide bonds. The Balaban J connectivity index is 1.52. The SMILES string of the molecule is N#Cc1cccc(C(=O)N2CCN(C(=O)COc3ccccc3Cl)CC2)c1. The maximum Gasteiger partial charge on any atom is 0.260 e. The third-order valence-corrected chi connectivity index (χ3v) is 4.66. The van der Waals surface area contributed by atoms with E-state index in [0.29, 0.717) is 48.1 Å². The number of carbonyl (C=O) groups excluding carboxylic acids is 2. The first kappa shape index (κ1) is 18.7. The lowest BCUT2D eigenvalue weighted by Crippen LogP contribution is -2.51. The molecule has 1 saturated heterocycles. The largest absolute Gasteiger partial charge is 0.482 e. The topological polar surface area (TPSA) is 73.6 Å². The van der Waals surface area contributed by atoms with Crippen LogP contribution in [0.3, 0.4) is 0 Å². The summed E-state index contributed by atoms with van der Waals surface area (Å²) in [6.45, 7) is 1.66. The van der Waals surface area contributed by atoms with Gasteiger partial charge >= 0.3 is 0 Å². The summed E-state index contributed by atoms with van der Waals surface area (Å²) < 4.78 is 5.49. The second kappa shape index (κ2) is 8.56. The van der Waals surface area contributed by atoms with Crippen molar-refractivity contribution >= 4 is 23.4 Å². The molecule has 2 aromatic carbocycles. The minimum atomic E-state index is -0.145. The first-order valence-electron chi connectivity index (χ1n) is 8.53. The monoisotopic (exact) mass is 383 g/mol. The fourth-order valence-electron chi connectivity index (χ4n) is 2.86. The molecule has 2 aromatic rings. The van der Waals surface area contributed by atoms with Crippen molar-refractivity contribution in [2.45, 2.75) is 0 Å². The van der Waals surface area contributed by atoms with E-state index in [-0.39, 0.29) is 18.4 Å². The number of benzene rings is 2. The standard InChI is InChI=1S/C20H18ClN3O3/c21-17-6-1-2-7-18(17)27-14-19(25)23-8-10-24(11-9-23)20(26)16-5-3-4-15(12-16)13-22/h1-7,12H,8-11,14H2. The van der Waals surface area contributed by atoms with Crippen LogP contribution in [0.4, 0.5) is 0 Å². The summed E-state index contributed by atoms with van der Waals surface area (Å²) in [5, 5.41) is 9.42. The molecule has 0 N–H and O–H groups in total. The average molecular weight is 384 g/mol. The molecule has 6 nitrogen and oxygen atoms in total. The quantitative estimate of drug-likeness (QED) is 0.813. The van der Waals surface area contributed by atoms with Gasteiger partial charge in [-0.1, -0.05) is 29.8 Å². The van der Waals surface area contributed by atoms with Crippen molar-refractivity contribution < 1.29 is 14.3 Å². The van der Waals surface area contributed by atoms with Crippen molar-refractivity contribution in [3.05, 3.63) is 64.7 Å². The van der Waals surface area contributed by atoms with Gasteiger partial charge in [-0.15, -0.1) is 0 Å². The van der Waals surface area contributed by atoms with Gasteiger partial charge in [-0.05, 0) is 30.3 Å². The molecule has 0 atom stereocenters. The van der Waals surface area contributed by atoms with Gasteiger partial charge in [-0.25, -0.2) is 0 Å². The van der Waals surface area contributed by atoms with Gasteiger partial charge in [0.05, 0.1) is 16.7 Å². The molecule has 0 bridgehead atoms. The molecule has 138 valence electrons. The summed E-state index contributed by atoms with van der Waals surface area (Å²) in [5.74, 6) is 0.193. The Hall–Kier alpha value is -3.04. The third-order valence-electron chi connectivity index (χ3n) is 4.35. The van der Waals surface area contributed by atoms with Crippen LogP contribution in [-0.4, -0.2) is 54.4 Å². The number of nitrogens with zero attached hydrogens (tertiary/aromatic N) is 3. The van der Waals surface area contributed by atoms with Crippen LogP contribution in [0, 0.1) is 11.3 Å². The maximum absolute atomic E-state index is 12.6. The number of para-hydroxylation sites is 1. The summed E-state index contributed by atoms with van der Waals surface area (Å²) in [6.07, 6.45) is 0. The number of rotatable bonds is 4. The summed E-state index contributed by atoms with van der Waals surface area (Å²) >= 11 is 6.01. The highest BCUT2D eigenvalue weighted by molar-refractivity contribution is 6.32. The molecule has 7 heteroatoms. The Bertz CT molecular complexity index is 886. The average Bonchev–Trinajstić information content (AvgIpc) is 2.72. The molecule has 27 heavy (non-hydrogen) atoms. The van der Waals surface area contributed by atoms with Crippen LogP contribution in [0.1, 0.15) is 15.9 Å². The second-order valence-corrected chi connectivity index (χ2v) is 6.49. The van der Waals surface area contributed by atoms with Crippen molar-refractivity contribution in [2.24, 2.45) is 0 Å². The lowest BCUT2D eigenvalue weighted by atomic mass is 10.1. The van der Waals surface area contributed by atoms with Gasteiger partial charge in [0.15, 0.2) is 6.61 Å². The number of ether oxygens (including phenoxy) is 1. The van der Waals surface area contributed by atoms with E-state index in [2.05, 4.69) is 0 Å². The Labute approximate surface area is 162 Å². The van der Waals surface area contributed by atoms with Crippen molar-refractivity contribution in [1.29, 1.82) is 5.26 Å². The zero-order chi connectivity index (χ0) is 19.2. The smallest absolute Gasteiger partial charge is 0.260 e. The van der Waals surface area contributed by atoms with E-state index < -0.39 is 0 Å². The molecule has 1 aliphatic heterocycles. The molecule has 1 aliphatic rings. The van der Waals surface area contributed by atoms with Gasteiger partial charge in [0.1, 0.15) is 5.75 Å². The van der Waals surface area contributed by atoms with Crippen molar-refractivity contribution in [1.82, 2.24) is 9.80 Å². The molecular formula is C20H18ClN3O3. The molecule has 1 fully saturated rings. The van der Waals surface area contributed by atoms with E-state index >= 15 is 0 Å². The van der Waals surface area contributed by atoms with Crippen molar-refractivity contribution in [3.8, 4) is 11.8 Å². The molecular weight excluding hydrogens is 366 g/mol. The molecule has 0 unspecified atom stereocenters. The van der Waals surface area contributed by atoms with E-state index in [4.69, 9.17) is 21.6 Å². The summed E-state index contributed by atoms with van der Waals surface area (Å²) in [6, 6.07) is 15.6. The minimum Gasteiger partial charge on any atom is -0.482 e. The van der Waals surface area contributed by atoms with Crippen molar-refractivity contribution in [2.75, 3.05) is 32.8 Å². The van der Waals surface area contributed by atoms with Gasteiger partial charge in [-0.2, -0.15) is 5.26 Å². The number of hydrogen-bond acceptors (Lipinski definition) is 4. The fraction of sp³-hybridized carbons (Fsp3) is 0.250. The number of amides is 2. The summed E-state index contributed by atoms with van der Waals surface area (Å²) in [7, 11) is 0. The van der Waals surface area contributed by atoms with Gasteiger partial charge < -0.3 is 14.5 Å².